The Balaban J connectivity index is 1.42. The Kier molecular flexibility index (Phi) is 8.42. The highest BCUT2D eigenvalue weighted by atomic mass is 16.6. The number of aliphatic hydroxyl groups excluding tert-OH is 1. The maximum absolute atomic E-state index is 10.4. The normalized spacial score (nSPS) is 23.2. The third kappa shape index (κ3) is 6.73. The van der Waals surface area contributed by atoms with Gasteiger partial charge < -0.3 is 24.1 Å². The summed E-state index contributed by atoms with van der Waals surface area (Å²) < 4.78 is 24.3. The zero-order valence-electron chi connectivity index (χ0n) is 18.1. The Bertz CT molecular complexity index is 903. The summed E-state index contributed by atoms with van der Waals surface area (Å²) in [7, 11) is 0. The van der Waals surface area contributed by atoms with Crippen molar-refractivity contribution in [2.24, 2.45) is 0 Å². The van der Waals surface area contributed by atoms with Gasteiger partial charge in [0.15, 0.2) is 6.29 Å². The second-order valence-corrected chi connectivity index (χ2v) is 7.96. The van der Waals surface area contributed by atoms with Crippen molar-refractivity contribution < 1.29 is 24.1 Å². The Labute approximate surface area is 189 Å². The van der Waals surface area contributed by atoms with Crippen molar-refractivity contribution in [1.82, 2.24) is 0 Å². The maximum Gasteiger partial charge on any atom is 0.157 e. The molecule has 1 N–H and O–H groups in total. The Morgan fingerprint density at radius 2 is 1.19 bits per heavy atom. The van der Waals surface area contributed by atoms with Crippen LogP contribution in [0.25, 0.3) is 0 Å². The molecule has 0 amide bonds. The molecule has 0 aromatic heterocycles. The molecule has 0 radical (unpaired) electrons. The second kappa shape index (κ2) is 11.9. The minimum Gasteiger partial charge on any atom is -0.374 e. The highest BCUT2D eigenvalue weighted by Crippen LogP contribution is 2.27. The van der Waals surface area contributed by atoms with E-state index in [9.17, 15) is 5.11 Å². The summed E-state index contributed by atoms with van der Waals surface area (Å²) in [6.07, 6.45) is -1.68. The highest BCUT2D eigenvalue weighted by Gasteiger charge is 2.40. The molecule has 1 fully saturated rings. The largest absolute Gasteiger partial charge is 0.374 e. The Morgan fingerprint density at radius 3 is 1.75 bits per heavy atom. The summed E-state index contributed by atoms with van der Waals surface area (Å²) in [6.45, 7) is 1.65. The number of ether oxygens (including phenoxy) is 4. The second-order valence-electron chi connectivity index (χ2n) is 7.96. The first kappa shape index (κ1) is 22.6. The van der Waals surface area contributed by atoms with Crippen LogP contribution >= 0.6 is 0 Å². The molecule has 1 saturated heterocycles. The van der Waals surface area contributed by atoms with E-state index in [-0.39, 0.29) is 12.2 Å². The monoisotopic (exact) mass is 434 g/mol. The van der Waals surface area contributed by atoms with Crippen LogP contribution in [0.15, 0.2) is 91.0 Å². The molecule has 1 unspecified atom stereocenters. The van der Waals surface area contributed by atoms with E-state index >= 15 is 0 Å². The van der Waals surface area contributed by atoms with E-state index in [1.54, 1.807) is 0 Å². The van der Waals surface area contributed by atoms with Crippen molar-refractivity contribution in [3.8, 4) is 0 Å². The fraction of sp³-hybridized carbons (Fsp3) is 0.333. The number of aliphatic hydroxyl groups is 1. The van der Waals surface area contributed by atoms with E-state index in [1.165, 1.54) is 0 Å². The van der Waals surface area contributed by atoms with Crippen LogP contribution < -0.4 is 0 Å². The molecule has 168 valence electrons. The van der Waals surface area contributed by atoms with Crippen LogP contribution in [0, 0.1) is 0 Å². The number of rotatable bonds is 10. The van der Waals surface area contributed by atoms with Crippen molar-refractivity contribution in [3.63, 3.8) is 0 Å². The van der Waals surface area contributed by atoms with E-state index in [0.29, 0.717) is 32.8 Å². The molecule has 4 rings (SSSR count). The zero-order chi connectivity index (χ0) is 22.0. The van der Waals surface area contributed by atoms with Crippen LogP contribution in [0.3, 0.4) is 0 Å². The van der Waals surface area contributed by atoms with Crippen LogP contribution in [0.4, 0.5) is 0 Å². The van der Waals surface area contributed by atoms with Gasteiger partial charge in [0.05, 0.1) is 32.5 Å². The molecule has 4 atom stereocenters. The summed E-state index contributed by atoms with van der Waals surface area (Å²) in [5.74, 6) is 0. The lowest BCUT2D eigenvalue weighted by Crippen LogP contribution is -2.52. The van der Waals surface area contributed by atoms with Crippen molar-refractivity contribution >= 4 is 0 Å². The van der Waals surface area contributed by atoms with Gasteiger partial charge >= 0.3 is 0 Å². The predicted octanol–water partition coefficient (Wildman–Crippen LogP) is 4.48. The van der Waals surface area contributed by atoms with Crippen LogP contribution in [0.5, 0.6) is 0 Å². The third-order valence-corrected chi connectivity index (χ3v) is 5.48. The molecule has 1 aliphatic rings. The first-order chi connectivity index (χ1) is 15.8. The average molecular weight is 435 g/mol. The van der Waals surface area contributed by atoms with Crippen LogP contribution in [-0.2, 0) is 38.8 Å². The van der Waals surface area contributed by atoms with Crippen LogP contribution in [0.2, 0.25) is 0 Å². The molecule has 0 spiro atoms. The van der Waals surface area contributed by atoms with Crippen molar-refractivity contribution in [3.05, 3.63) is 108 Å². The van der Waals surface area contributed by atoms with Gasteiger partial charge in [-0.3, -0.25) is 0 Å². The van der Waals surface area contributed by atoms with E-state index < -0.39 is 12.4 Å². The third-order valence-electron chi connectivity index (χ3n) is 5.48. The van der Waals surface area contributed by atoms with Crippen molar-refractivity contribution in [2.75, 3.05) is 6.61 Å². The summed E-state index contributed by atoms with van der Waals surface area (Å²) in [4.78, 5) is 0. The van der Waals surface area contributed by atoms with E-state index in [4.69, 9.17) is 18.9 Å². The molecule has 0 aliphatic carbocycles. The lowest BCUT2D eigenvalue weighted by Gasteiger charge is -2.39. The number of benzene rings is 3. The van der Waals surface area contributed by atoms with Crippen LogP contribution in [-0.4, -0.2) is 36.3 Å². The summed E-state index contributed by atoms with van der Waals surface area (Å²) in [5.41, 5.74) is 3.24. The lowest BCUT2D eigenvalue weighted by molar-refractivity contribution is -0.265. The fourth-order valence-electron chi connectivity index (χ4n) is 3.83. The first-order valence-corrected chi connectivity index (χ1v) is 11.0. The molecular weight excluding hydrogens is 404 g/mol. The number of hydrogen-bond acceptors (Lipinski definition) is 5. The van der Waals surface area contributed by atoms with E-state index in [1.807, 2.05) is 91.0 Å². The van der Waals surface area contributed by atoms with E-state index in [0.717, 1.165) is 16.7 Å². The van der Waals surface area contributed by atoms with Crippen LogP contribution in [0.1, 0.15) is 23.1 Å². The molecular formula is C27H30O5. The van der Waals surface area contributed by atoms with Gasteiger partial charge in [0.25, 0.3) is 0 Å². The quantitative estimate of drug-likeness (QED) is 0.510. The zero-order valence-corrected chi connectivity index (χ0v) is 18.1. The minimum absolute atomic E-state index is 0.302. The van der Waals surface area contributed by atoms with Gasteiger partial charge in [-0.25, -0.2) is 0 Å². The molecule has 0 bridgehead atoms. The SMILES string of the molecule is O[C@H]1C[C@@H](OCc2ccccc2)[C@H](OCc2ccccc2)C(COCc2ccccc2)O1. The smallest absolute Gasteiger partial charge is 0.157 e. The van der Waals surface area contributed by atoms with Gasteiger partial charge in [0.2, 0.25) is 0 Å². The summed E-state index contributed by atoms with van der Waals surface area (Å²) >= 11 is 0. The number of hydrogen-bond donors (Lipinski definition) is 1. The van der Waals surface area contributed by atoms with Gasteiger partial charge in [-0.15, -0.1) is 0 Å². The predicted molar refractivity (Wildman–Crippen MR) is 122 cm³/mol. The van der Waals surface area contributed by atoms with E-state index in [2.05, 4.69) is 0 Å². The molecule has 3 aromatic rings. The Hall–Kier alpha value is -2.54. The molecule has 5 heteroatoms. The molecule has 5 nitrogen and oxygen atoms in total. The van der Waals surface area contributed by atoms with Crippen molar-refractivity contribution in [1.29, 1.82) is 0 Å². The summed E-state index contributed by atoms with van der Waals surface area (Å²) in [6, 6.07) is 30.0. The first-order valence-electron chi connectivity index (χ1n) is 11.0. The van der Waals surface area contributed by atoms with Gasteiger partial charge in [-0.05, 0) is 16.7 Å². The Morgan fingerprint density at radius 1 is 0.688 bits per heavy atom. The molecule has 32 heavy (non-hydrogen) atoms. The highest BCUT2D eigenvalue weighted by molar-refractivity contribution is 5.15. The summed E-state index contributed by atoms with van der Waals surface area (Å²) in [5, 5.41) is 10.4. The topological polar surface area (TPSA) is 57.2 Å². The van der Waals surface area contributed by atoms with Crippen molar-refractivity contribution in [2.45, 2.75) is 50.8 Å². The minimum atomic E-state index is -0.919. The van der Waals surface area contributed by atoms with Gasteiger partial charge in [-0.1, -0.05) is 91.0 Å². The van der Waals surface area contributed by atoms with Gasteiger partial charge in [0.1, 0.15) is 12.2 Å². The lowest BCUT2D eigenvalue weighted by atomic mass is 10.0. The molecule has 1 heterocycles. The molecule has 0 saturated carbocycles. The average Bonchev–Trinajstić information content (AvgIpc) is 2.84. The molecule has 1 aliphatic heterocycles. The fourth-order valence-corrected chi connectivity index (χ4v) is 3.83. The standard InChI is InChI=1S/C27H30O5/c28-26-16-24(30-18-22-12-6-2-7-13-22)27(31-19-23-14-8-3-9-15-23)25(32-26)20-29-17-21-10-4-1-5-11-21/h1-15,24-28H,16-20H2/t24-,25?,26-,27+/m1/s1. The molecule has 3 aromatic carbocycles. The van der Waals surface area contributed by atoms with Gasteiger partial charge in [0, 0.05) is 6.42 Å². The maximum atomic E-state index is 10.4. The van der Waals surface area contributed by atoms with Gasteiger partial charge in [-0.2, -0.15) is 0 Å².